The third-order valence-electron chi connectivity index (χ3n) is 3.71. The van der Waals surface area contributed by atoms with Gasteiger partial charge in [-0.15, -0.1) is 0 Å². The fourth-order valence-corrected chi connectivity index (χ4v) is 2.64. The maximum absolute atomic E-state index is 5.73. The summed E-state index contributed by atoms with van der Waals surface area (Å²) in [5.41, 5.74) is 7.82. The van der Waals surface area contributed by atoms with Gasteiger partial charge < -0.3 is 10.5 Å². The van der Waals surface area contributed by atoms with Crippen molar-refractivity contribution in [1.82, 2.24) is 4.90 Å². The molecule has 1 aliphatic carbocycles. The van der Waals surface area contributed by atoms with Gasteiger partial charge in [0.05, 0.1) is 7.11 Å². The molecule has 3 nitrogen and oxygen atoms in total. The molecule has 0 atom stereocenters. The summed E-state index contributed by atoms with van der Waals surface area (Å²) in [5.74, 6) is 1.81. The Kier molecular flexibility index (Phi) is 5.38. The number of thiocarbonyl (C=S) groups is 1. The van der Waals surface area contributed by atoms with Crippen LogP contribution in [0, 0.1) is 5.92 Å². The highest BCUT2D eigenvalue weighted by atomic mass is 32.1. The standard InChI is InChI=1S/C16H24N2OS/c1-3-8-18(10-12-4-5-12)11-14-9-13(16(17)20)6-7-15(14)19-2/h6-7,9,12H,3-5,8,10-11H2,1-2H3,(H2,17,20). The molecule has 2 N–H and O–H groups in total. The Labute approximate surface area is 127 Å². The molecule has 0 heterocycles. The Morgan fingerprint density at radius 3 is 2.75 bits per heavy atom. The van der Waals surface area contributed by atoms with E-state index >= 15 is 0 Å². The predicted octanol–water partition coefficient (Wildman–Crippen LogP) is 2.95. The maximum atomic E-state index is 5.73. The Morgan fingerprint density at radius 2 is 2.20 bits per heavy atom. The van der Waals surface area contributed by atoms with Gasteiger partial charge in [0.15, 0.2) is 0 Å². The van der Waals surface area contributed by atoms with Crippen molar-refractivity contribution in [3.05, 3.63) is 29.3 Å². The molecule has 0 saturated heterocycles. The van der Waals surface area contributed by atoms with Gasteiger partial charge in [0.2, 0.25) is 0 Å². The molecule has 1 aromatic rings. The fraction of sp³-hybridized carbons (Fsp3) is 0.562. The summed E-state index contributed by atoms with van der Waals surface area (Å²) in [6.07, 6.45) is 3.93. The number of nitrogens with zero attached hydrogens (tertiary/aromatic N) is 1. The zero-order valence-corrected chi connectivity index (χ0v) is 13.2. The molecule has 1 saturated carbocycles. The van der Waals surface area contributed by atoms with Crippen molar-refractivity contribution in [1.29, 1.82) is 0 Å². The highest BCUT2D eigenvalue weighted by Crippen LogP contribution is 2.31. The lowest BCUT2D eigenvalue weighted by molar-refractivity contribution is 0.251. The highest BCUT2D eigenvalue weighted by Gasteiger charge is 2.24. The lowest BCUT2D eigenvalue weighted by atomic mass is 10.1. The topological polar surface area (TPSA) is 38.5 Å². The van der Waals surface area contributed by atoms with Crippen LogP contribution in [0.15, 0.2) is 18.2 Å². The van der Waals surface area contributed by atoms with Gasteiger partial charge in [-0.3, -0.25) is 4.90 Å². The fourth-order valence-electron chi connectivity index (χ4n) is 2.51. The van der Waals surface area contributed by atoms with Gasteiger partial charge in [-0.05, 0) is 49.9 Å². The monoisotopic (exact) mass is 292 g/mol. The molecule has 0 radical (unpaired) electrons. The second-order valence-electron chi connectivity index (χ2n) is 5.57. The van der Waals surface area contributed by atoms with Crippen LogP contribution in [0.25, 0.3) is 0 Å². The Morgan fingerprint density at radius 1 is 1.45 bits per heavy atom. The quantitative estimate of drug-likeness (QED) is 0.748. The summed E-state index contributed by atoms with van der Waals surface area (Å²) < 4.78 is 5.47. The van der Waals surface area contributed by atoms with Crippen molar-refractivity contribution in [2.75, 3.05) is 20.2 Å². The van der Waals surface area contributed by atoms with Crippen LogP contribution in [-0.4, -0.2) is 30.1 Å². The van der Waals surface area contributed by atoms with Crippen LogP contribution in [0.3, 0.4) is 0 Å². The van der Waals surface area contributed by atoms with Crippen LogP contribution in [0.5, 0.6) is 5.75 Å². The molecule has 110 valence electrons. The molecule has 4 heteroatoms. The lowest BCUT2D eigenvalue weighted by Crippen LogP contribution is -2.27. The molecule has 0 spiro atoms. The van der Waals surface area contributed by atoms with E-state index in [4.69, 9.17) is 22.7 Å². The first-order valence-corrected chi connectivity index (χ1v) is 7.74. The zero-order chi connectivity index (χ0) is 14.5. The number of hydrogen-bond donors (Lipinski definition) is 1. The minimum Gasteiger partial charge on any atom is -0.496 e. The smallest absolute Gasteiger partial charge is 0.123 e. The molecule has 20 heavy (non-hydrogen) atoms. The first-order chi connectivity index (χ1) is 9.63. The second-order valence-corrected chi connectivity index (χ2v) is 6.01. The Bertz CT molecular complexity index is 472. The van der Waals surface area contributed by atoms with E-state index < -0.39 is 0 Å². The number of ether oxygens (including phenoxy) is 1. The minimum absolute atomic E-state index is 0.443. The maximum Gasteiger partial charge on any atom is 0.123 e. The number of benzene rings is 1. The van der Waals surface area contributed by atoms with Crippen molar-refractivity contribution in [3.8, 4) is 5.75 Å². The van der Waals surface area contributed by atoms with E-state index in [9.17, 15) is 0 Å². The molecule has 0 aliphatic heterocycles. The molecular weight excluding hydrogens is 268 g/mol. The SMILES string of the molecule is CCCN(Cc1cc(C(N)=S)ccc1OC)CC1CC1. The van der Waals surface area contributed by atoms with Gasteiger partial charge >= 0.3 is 0 Å². The van der Waals surface area contributed by atoms with Crippen molar-refractivity contribution in [3.63, 3.8) is 0 Å². The minimum atomic E-state index is 0.443. The van der Waals surface area contributed by atoms with Crippen LogP contribution in [0.1, 0.15) is 37.3 Å². The molecule has 1 aromatic carbocycles. The molecule has 1 aliphatic rings. The van der Waals surface area contributed by atoms with E-state index in [1.807, 2.05) is 12.1 Å². The number of rotatable bonds is 8. The average molecular weight is 292 g/mol. The second kappa shape index (κ2) is 7.04. The van der Waals surface area contributed by atoms with E-state index in [0.29, 0.717) is 4.99 Å². The van der Waals surface area contributed by atoms with Crippen molar-refractivity contribution >= 4 is 17.2 Å². The summed E-state index contributed by atoms with van der Waals surface area (Å²) in [5, 5.41) is 0. The van der Waals surface area contributed by atoms with Gasteiger partial charge in [0.1, 0.15) is 10.7 Å². The molecule has 0 unspecified atom stereocenters. The third kappa shape index (κ3) is 4.18. The van der Waals surface area contributed by atoms with E-state index in [1.54, 1.807) is 7.11 Å². The van der Waals surface area contributed by atoms with E-state index in [1.165, 1.54) is 31.4 Å². The first kappa shape index (κ1) is 15.3. The molecular formula is C16H24N2OS. The zero-order valence-electron chi connectivity index (χ0n) is 12.4. The van der Waals surface area contributed by atoms with Crippen LogP contribution in [0.4, 0.5) is 0 Å². The summed E-state index contributed by atoms with van der Waals surface area (Å²) in [6.45, 7) is 5.44. The summed E-state index contributed by atoms with van der Waals surface area (Å²) >= 11 is 5.07. The van der Waals surface area contributed by atoms with Gasteiger partial charge in [-0.2, -0.15) is 0 Å². The van der Waals surface area contributed by atoms with Crippen molar-refractivity contribution < 1.29 is 4.74 Å². The first-order valence-electron chi connectivity index (χ1n) is 7.33. The van der Waals surface area contributed by atoms with Crippen LogP contribution >= 0.6 is 12.2 Å². The Hall–Kier alpha value is -1.13. The normalized spacial score (nSPS) is 14.6. The third-order valence-corrected chi connectivity index (χ3v) is 3.95. The Balaban J connectivity index is 2.14. The molecule has 0 bridgehead atoms. The van der Waals surface area contributed by atoms with Crippen LogP contribution in [-0.2, 0) is 6.54 Å². The largest absolute Gasteiger partial charge is 0.496 e. The van der Waals surface area contributed by atoms with E-state index in [0.717, 1.165) is 30.3 Å². The number of nitrogens with two attached hydrogens (primary N) is 1. The average Bonchev–Trinajstić information content (AvgIpc) is 3.22. The summed E-state index contributed by atoms with van der Waals surface area (Å²) in [7, 11) is 1.71. The van der Waals surface area contributed by atoms with Gasteiger partial charge in [-0.1, -0.05) is 19.1 Å². The predicted molar refractivity (Wildman–Crippen MR) is 87.2 cm³/mol. The number of methoxy groups -OCH3 is 1. The van der Waals surface area contributed by atoms with Gasteiger partial charge in [0.25, 0.3) is 0 Å². The van der Waals surface area contributed by atoms with Crippen molar-refractivity contribution in [2.45, 2.75) is 32.7 Å². The summed E-state index contributed by atoms with van der Waals surface area (Å²) in [4.78, 5) is 2.96. The van der Waals surface area contributed by atoms with Gasteiger partial charge in [0, 0.05) is 24.2 Å². The molecule has 1 fully saturated rings. The number of hydrogen-bond acceptors (Lipinski definition) is 3. The lowest BCUT2D eigenvalue weighted by Gasteiger charge is -2.23. The van der Waals surface area contributed by atoms with E-state index in [2.05, 4.69) is 17.9 Å². The van der Waals surface area contributed by atoms with Crippen LogP contribution < -0.4 is 10.5 Å². The van der Waals surface area contributed by atoms with E-state index in [-0.39, 0.29) is 0 Å². The molecule has 2 rings (SSSR count). The molecule has 0 amide bonds. The van der Waals surface area contributed by atoms with Crippen LogP contribution in [0.2, 0.25) is 0 Å². The highest BCUT2D eigenvalue weighted by molar-refractivity contribution is 7.80. The molecule has 0 aromatic heterocycles. The summed E-state index contributed by atoms with van der Waals surface area (Å²) in [6, 6.07) is 5.96. The van der Waals surface area contributed by atoms with Gasteiger partial charge in [-0.25, -0.2) is 0 Å². The van der Waals surface area contributed by atoms with Crippen molar-refractivity contribution in [2.24, 2.45) is 11.7 Å².